The smallest absolute Gasteiger partial charge is 0.306 e. The number of esters is 1. The lowest BCUT2D eigenvalue weighted by Gasteiger charge is -2.24. The van der Waals surface area contributed by atoms with Gasteiger partial charge in [0.25, 0.3) is 0 Å². The van der Waals surface area contributed by atoms with Crippen molar-refractivity contribution in [3.05, 3.63) is 0 Å². The fourth-order valence-electron chi connectivity index (χ4n) is 9.14. The van der Waals surface area contributed by atoms with Crippen molar-refractivity contribution in [2.75, 3.05) is 6.61 Å². The number of nitrogens with one attached hydrogen (secondary N) is 1. The van der Waals surface area contributed by atoms with Gasteiger partial charge in [-0.25, -0.2) is 0 Å². The second kappa shape index (κ2) is 50.9. The first-order valence-corrected chi connectivity index (χ1v) is 28.3. The van der Waals surface area contributed by atoms with Gasteiger partial charge in [-0.05, 0) is 25.7 Å². The maximum absolute atomic E-state index is 13.2. The third kappa shape index (κ3) is 45.4. The molecule has 3 N–H and O–H groups in total. The number of hydrogen-bond donors (Lipinski definition) is 3. The summed E-state index contributed by atoms with van der Waals surface area (Å²) in [5.41, 5.74) is 0. The molecular formula is C56H111NO5. The molecule has 0 aromatic rings. The molecule has 6 heteroatoms. The Balaban J connectivity index is 4.48. The highest BCUT2D eigenvalue weighted by molar-refractivity contribution is 5.77. The Bertz CT molecular complexity index is 898. The lowest BCUT2D eigenvalue weighted by molar-refractivity contribution is -0.151. The number of ether oxygens (including phenoxy) is 1. The maximum Gasteiger partial charge on any atom is 0.306 e. The molecule has 0 aliphatic heterocycles. The van der Waals surface area contributed by atoms with Crippen LogP contribution in [0.4, 0.5) is 0 Å². The average molecular weight is 879 g/mol. The number of aliphatic hydroxyl groups excluding tert-OH is 2. The van der Waals surface area contributed by atoms with E-state index in [0.29, 0.717) is 19.3 Å². The van der Waals surface area contributed by atoms with Crippen LogP contribution in [-0.2, 0) is 14.3 Å². The van der Waals surface area contributed by atoms with Crippen LogP contribution in [0.5, 0.6) is 0 Å². The molecule has 0 aliphatic carbocycles. The lowest BCUT2D eigenvalue weighted by Crippen LogP contribution is -2.46. The van der Waals surface area contributed by atoms with Crippen molar-refractivity contribution >= 4 is 11.9 Å². The Kier molecular flexibility index (Phi) is 49.9. The predicted octanol–water partition coefficient (Wildman–Crippen LogP) is 17.1. The van der Waals surface area contributed by atoms with E-state index in [1.165, 1.54) is 238 Å². The fraction of sp³-hybridized carbons (Fsp3) is 0.964. The molecular weight excluding hydrogens is 767 g/mol. The van der Waals surface area contributed by atoms with Gasteiger partial charge < -0.3 is 20.3 Å². The van der Waals surface area contributed by atoms with Crippen LogP contribution >= 0.6 is 0 Å². The van der Waals surface area contributed by atoms with Crippen LogP contribution in [-0.4, -0.2) is 46.9 Å². The molecule has 0 aliphatic rings. The van der Waals surface area contributed by atoms with Gasteiger partial charge in [0.05, 0.1) is 25.2 Å². The quantitative estimate of drug-likeness (QED) is 0.0418. The van der Waals surface area contributed by atoms with E-state index in [1.54, 1.807) is 0 Å². The largest absolute Gasteiger partial charge is 0.462 e. The van der Waals surface area contributed by atoms with Crippen LogP contribution in [0.25, 0.3) is 0 Å². The van der Waals surface area contributed by atoms with E-state index in [1.807, 2.05) is 0 Å². The first-order chi connectivity index (χ1) is 30.5. The van der Waals surface area contributed by atoms with Crippen molar-refractivity contribution in [1.82, 2.24) is 5.32 Å². The minimum Gasteiger partial charge on any atom is -0.462 e. The van der Waals surface area contributed by atoms with Crippen LogP contribution in [0, 0.1) is 0 Å². The summed E-state index contributed by atoms with van der Waals surface area (Å²) in [5, 5.41) is 23.9. The maximum atomic E-state index is 13.2. The summed E-state index contributed by atoms with van der Waals surface area (Å²) in [6, 6.07) is -0.692. The summed E-state index contributed by atoms with van der Waals surface area (Å²) < 4.78 is 5.96. The van der Waals surface area contributed by atoms with Gasteiger partial charge in [0.2, 0.25) is 5.91 Å². The number of hydrogen-bond acceptors (Lipinski definition) is 5. The summed E-state index contributed by atoms with van der Waals surface area (Å²) in [6.45, 7) is 6.53. The fourth-order valence-corrected chi connectivity index (χ4v) is 9.14. The molecule has 1 amide bonds. The minimum absolute atomic E-state index is 0.0884. The van der Waals surface area contributed by atoms with Gasteiger partial charge in [0.15, 0.2) is 0 Å². The number of rotatable bonds is 52. The molecule has 0 aromatic heterocycles. The number of amides is 1. The van der Waals surface area contributed by atoms with Crippen molar-refractivity contribution in [3.63, 3.8) is 0 Å². The van der Waals surface area contributed by atoms with E-state index >= 15 is 0 Å². The molecule has 0 saturated heterocycles. The van der Waals surface area contributed by atoms with Gasteiger partial charge in [-0.3, -0.25) is 9.59 Å². The highest BCUT2D eigenvalue weighted by Crippen LogP contribution is 2.19. The molecule has 0 spiro atoms. The summed E-state index contributed by atoms with van der Waals surface area (Å²) in [5.74, 6) is -0.447. The summed E-state index contributed by atoms with van der Waals surface area (Å²) in [7, 11) is 0. The number of carbonyl (C=O) groups excluding carboxylic acids is 2. The average Bonchev–Trinajstić information content (AvgIpc) is 3.26. The Hall–Kier alpha value is -1.14. The minimum atomic E-state index is -0.780. The van der Waals surface area contributed by atoms with Gasteiger partial charge in [-0.2, -0.15) is 0 Å². The Morgan fingerprint density at radius 3 is 0.984 bits per heavy atom. The monoisotopic (exact) mass is 878 g/mol. The highest BCUT2D eigenvalue weighted by atomic mass is 16.5. The Morgan fingerprint density at radius 1 is 0.403 bits per heavy atom. The molecule has 0 rings (SSSR count). The summed E-state index contributed by atoms with van der Waals surface area (Å²) in [4.78, 5) is 26.2. The zero-order chi connectivity index (χ0) is 45.2. The summed E-state index contributed by atoms with van der Waals surface area (Å²) in [6.07, 6.45) is 55.9. The molecule has 0 heterocycles. The first-order valence-electron chi connectivity index (χ1n) is 28.3. The Morgan fingerprint density at radius 2 is 0.677 bits per heavy atom. The van der Waals surface area contributed by atoms with Crippen molar-refractivity contribution in [2.45, 2.75) is 341 Å². The molecule has 3 atom stereocenters. The standard InChI is InChI=1S/C56H111NO5/c1-4-7-10-13-16-19-22-25-27-29-30-32-35-38-41-44-47-52(62-56(61)49-46-43-40-37-34-24-21-18-15-12-9-6-3)50-55(60)57-53(51-58)54(59)48-45-42-39-36-33-31-28-26-23-20-17-14-11-8-5-2/h52-54,58-59H,4-51H2,1-3H3,(H,57,60). The second-order valence-electron chi connectivity index (χ2n) is 19.7. The molecule has 0 radical (unpaired) electrons. The first kappa shape index (κ1) is 60.9. The SMILES string of the molecule is CCCCCCCCCCCCCCCCCCC(CC(=O)NC(CO)C(O)CCCCCCCCCCCCCCCCC)OC(=O)CCCCCCCCCCCCCC. The zero-order valence-electron chi connectivity index (χ0n) is 42.3. The number of aliphatic hydroxyl groups is 2. The third-order valence-electron chi connectivity index (χ3n) is 13.4. The zero-order valence-corrected chi connectivity index (χ0v) is 42.3. The third-order valence-corrected chi connectivity index (χ3v) is 13.4. The van der Waals surface area contributed by atoms with E-state index < -0.39 is 18.2 Å². The van der Waals surface area contributed by atoms with Crippen LogP contribution in [0.2, 0.25) is 0 Å². The Labute approximate surface area is 387 Å². The molecule has 6 nitrogen and oxygen atoms in total. The van der Waals surface area contributed by atoms with E-state index in [-0.39, 0.29) is 24.9 Å². The van der Waals surface area contributed by atoms with Crippen LogP contribution in [0.15, 0.2) is 0 Å². The van der Waals surface area contributed by atoms with Crippen molar-refractivity contribution < 1.29 is 24.5 Å². The molecule has 370 valence electrons. The predicted molar refractivity (Wildman–Crippen MR) is 269 cm³/mol. The van der Waals surface area contributed by atoms with E-state index in [9.17, 15) is 19.8 Å². The molecule has 0 bridgehead atoms. The lowest BCUT2D eigenvalue weighted by atomic mass is 10.0. The van der Waals surface area contributed by atoms with E-state index in [2.05, 4.69) is 26.1 Å². The molecule has 0 saturated carbocycles. The number of carbonyl (C=O) groups is 2. The normalized spacial score (nSPS) is 13.0. The van der Waals surface area contributed by atoms with Crippen LogP contribution in [0.1, 0.15) is 323 Å². The van der Waals surface area contributed by atoms with Crippen molar-refractivity contribution in [1.29, 1.82) is 0 Å². The van der Waals surface area contributed by atoms with E-state index in [4.69, 9.17) is 4.74 Å². The summed E-state index contributed by atoms with van der Waals surface area (Å²) >= 11 is 0. The molecule has 62 heavy (non-hydrogen) atoms. The second-order valence-corrected chi connectivity index (χ2v) is 19.7. The van der Waals surface area contributed by atoms with Gasteiger partial charge in [-0.1, -0.05) is 284 Å². The number of unbranched alkanes of at least 4 members (excludes halogenated alkanes) is 40. The van der Waals surface area contributed by atoms with Crippen LogP contribution in [0.3, 0.4) is 0 Å². The van der Waals surface area contributed by atoms with Gasteiger partial charge in [-0.15, -0.1) is 0 Å². The highest BCUT2D eigenvalue weighted by Gasteiger charge is 2.24. The van der Waals surface area contributed by atoms with Crippen molar-refractivity contribution in [3.8, 4) is 0 Å². The molecule has 0 aromatic carbocycles. The van der Waals surface area contributed by atoms with Gasteiger partial charge in [0, 0.05) is 6.42 Å². The molecule has 0 fully saturated rings. The van der Waals surface area contributed by atoms with Gasteiger partial charge in [0.1, 0.15) is 6.10 Å². The van der Waals surface area contributed by atoms with Gasteiger partial charge >= 0.3 is 5.97 Å². The van der Waals surface area contributed by atoms with Crippen LogP contribution < -0.4 is 5.32 Å². The molecule has 3 unspecified atom stereocenters. The van der Waals surface area contributed by atoms with E-state index in [0.717, 1.165) is 38.5 Å². The van der Waals surface area contributed by atoms with Crippen molar-refractivity contribution in [2.24, 2.45) is 0 Å². The topological polar surface area (TPSA) is 95.9 Å².